The highest BCUT2D eigenvalue weighted by molar-refractivity contribution is 5.92. The second kappa shape index (κ2) is 10.7. The molecule has 4 aromatic rings. The van der Waals surface area contributed by atoms with Crippen molar-refractivity contribution in [2.75, 3.05) is 50.2 Å². The molecule has 0 radical (unpaired) electrons. The minimum atomic E-state index is 0.138. The molecule has 1 aliphatic heterocycles. The average Bonchev–Trinajstić information content (AvgIpc) is 2.95. The van der Waals surface area contributed by atoms with E-state index in [1.807, 2.05) is 12.1 Å². The second-order valence-electron chi connectivity index (χ2n) is 10.4. The van der Waals surface area contributed by atoms with Gasteiger partial charge in [0.1, 0.15) is 18.8 Å². The van der Waals surface area contributed by atoms with Gasteiger partial charge < -0.3 is 24.0 Å². The number of methoxy groups -OCH3 is 2. The molecule has 5 rings (SSSR count). The van der Waals surface area contributed by atoms with Gasteiger partial charge in [-0.3, -0.25) is 0 Å². The standard InChI is InChI=1S/C29H34N6O3/c1-29(2,3)21-8-6-20(7-9-21)18-38-22-16-30-28(31-17-22)35-12-10-34(11-13-35)27-23-14-25(36-4)26(37-5)15-24(23)32-19-33-27/h6-9,14-17,19H,10-13,18H2,1-5H3. The fourth-order valence-electron chi connectivity index (χ4n) is 4.55. The van der Waals surface area contributed by atoms with Crippen LogP contribution in [0.15, 0.2) is 55.1 Å². The van der Waals surface area contributed by atoms with Crippen LogP contribution in [-0.4, -0.2) is 60.3 Å². The van der Waals surface area contributed by atoms with Gasteiger partial charge in [-0.1, -0.05) is 45.0 Å². The highest BCUT2D eigenvalue weighted by Gasteiger charge is 2.22. The predicted octanol–water partition coefficient (Wildman–Crippen LogP) is 4.64. The number of ether oxygens (including phenoxy) is 3. The zero-order valence-corrected chi connectivity index (χ0v) is 22.6. The van der Waals surface area contributed by atoms with Crippen LogP contribution in [0.2, 0.25) is 0 Å². The summed E-state index contributed by atoms with van der Waals surface area (Å²) in [5.74, 6) is 3.55. The second-order valence-corrected chi connectivity index (χ2v) is 10.4. The maximum atomic E-state index is 5.93. The Morgan fingerprint density at radius 3 is 2.05 bits per heavy atom. The molecule has 9 nitrogen and oxygen atoms in total. The number of hydrogen-bond donors (Lipinski definition) is 0. The van der Waals surface area contributed by atoms with Gasteiger partial charge in [-0.05, 0) is 22.6 Å². The number of benzene rings is 2. The van der Waals surface area contributed by atoms with Crippen molar-refractivity contribution in [1.29, 1.82) is 0 Å². The highest BCUT2D eigenvalue weighted by Crippen LogP contribution is 2.35. The molecule has 0 amide bonds. The molecule has 0 atom stereocenters. The van der Waals surface area contributed by atoms with E-state index in [1.165, 1.54) is 5.56 Å². The molecule has 1 saturated heterocycles. The molecule has 2 aromatic heterocycles. The smallest absolute Gasteiger partial charge is 0.225 e. The summed E-state index contributed by atoms with van der Waals surface area (Å²) in [5, 5.41) is 0.935. The minimum absolute atomic E-state index is 0.138. The predicted molar refractivity (Wildman–Crippen MR) is 149 cm³/mol. The fourth-order valence-corrected chi connectivity index (χ4v) is 4.55. The molecule has 0 spiro atoms. The van der Waals surface area contributed by atoms with Gasteiger partial charge in [-0.15, -0.1) is 0 Å². The molecule has 198 valence electrons. The van der Waals surface area contributed by atoms with Crippen LogP contribution in [0.5, 0.6) is 17.2 Å². The summed E-state index contributed by atoms with van der Waals surface area (Å²) in [4.78, 5) is 22.6. The Bertz CT molecular complexity index is 1380. The average molecular weight is 515 g/mol. The summed E-state index contributed by atoms with van der Waals surface area (Å²) in [6, 6.07) is 12.4. The van der Waals surface area contributed by atoms with Gasteiger partial charge in [0, 0.05) is 37.6 Å². The van der Waals surface area contributed by atoms with E-state index in [2.05, 4.69) is 74.8 Å². The first kappa shape index (κ1) is 25.5. The molecular formula is C29H34N6O3. The molecule has 3 heterocycles. The van der Waals surface area contributed by atoms with Crippen LogP contribution in [0.4, 0.5) is 11.8 Å². The van der Waals surface area contributed by atoms with Gasteiger partial charge in [0.25, 0.3) is 0 Å². The number of anilines is 2. The Kier molecular flexibility index (Phi) is 7.18. The van der Waals surface area contributed by atoms with Crippen LogP contribution in [0.1, 0.15) is 31.9 Å². The van der Waals surface area contributed by atoms with Crippen LogP contribution in [-0.2, 0) is 12.0 Å². The third kappa shape index (κ3) is 5.41. The van der Waals surface area contributed by atoms with Crippen molar-refractivity contribution in [3.8, 4) is 17.2 Å². The number of rotatable bonds is 7. The minimum Gasteiger partial charge on any atom is -0.493 e. The van der Waals surface area contributed by atoms with E-state index in [0.29, 0.717) is 29.8 Å². The molecule has 2 aromatic carbocycles. The van der Waals surface area contributed by atoms with Crippen molar-refractivity contribution in [2.24, 2.45) is 0 Å². The summed E-state index contributed by atoms with van der Waals surface area (Å²) < 4.78 is 16.8. The molecular weight excluding hydrogens is 480 g/mol. The lowest BCUT2D eigenvalue weighted by molar-refractivity contribution is 0.303. The molecule has 0 unspecified atom stereocenters. The van der Waals surface area contributed by atoms with Crippen molar-refractivity contribution < 1.29 is 14.2 Å². The number of aromatic nitrogens is 4. The van der Waals surface area contributed by atoms with Gasteiger partial charge in [0.05, 0.1) is 32.1 Å². The van der Waals surface area contributed by atoms with Crippen LogP contribution in [0.25, 0.3) is 10.9 Å². The van der Waals surface area contributed by atoms with E-state index in [9.17, 15) is 0 Å². The molecule has 1 aliphatic rings. The van der Waals surface area contributed by atoms with Crippen molar-refractivity contribution >= 4 is 22.7 Å². The number of piperazine rings is 1. The Morgan fingerprint density at radius 2 is 1.42 bits per heavy atom. The molecule has 0 N–H and O–H groups in total. The highest BCUT2D eigenvalue weighted by atomic mass is 16.5. The first-order chi connectivity index (χ1) is 18.4. The van der Waals surface area contributed by atoms with Gasteiger partial charge in [0.15, 0.2) is 17.2 Å². The van der Waals surface area contributed by atoms with Crippen LogP contribution >= 0.6 is 0 Å². The Labute approximate surface area is 223 Å². The van der Waals surface area contributed by atoms with Gasteiger partial charge in [-0.25, -0.2) is 19.9 Å². The maximum Gasteiger partial charge on any atom is 0.225 e. The van der Waals surface area contributed by atoms with Gasteiger partial charge >= 0.3 is 0 Å². The largest absolute Gasteiger partial charge is 0.493 e. The lowest BCUT2D eigenvalue weighted by atomic mass is 9.87. The summed E-state index contributed by atoms with van der Waals surface area (Å²) in [5.41, 5.74) is 3.38. The summed E-state index contributed by atoms with van der Waals surface area (Å²) in [7, 11) is 3.25. The SMILES string of the molecule is COc1cc2ncnc(N3CCN(c4ncc(OCc5ccc(C(C)(C)C)cc5)cn4)CC3)c2cc1OC. The first-order valence-corrected chi connectivity index (χ1v) is 12.8. The molecule has 38 heavy (non-hydrogen) atoms. The lowest BCUT2D eigenvalue weighted by Gasteiger charge is -2.35. The number of hydrogen-bond acceptors (Lipinski definition) is 9. The van der Waals surface area contributed by atoms with Crippen LogP contribution < -0.4 is 24.0 Å². The summed E-state index contributed by atoms with van der Waals surface area (Å²) in [6.07, 6.45) is 5.09. The fraction of sp³-hybridized carbons (Fsp3) is 0.379. The molecule has 0 saturated carbocycles. The zero-order chi connectivity index (χ0) is 26.7. The molecule has 0 bridgehead atoms. The zero-order valence-electron chi connectivity index (χ0n) is 22.6. The van der Waals surface area contributed by atoms with E-state index < -0.39 is 0 Å². The van der Waals surface area contributed by atoms with E-state index in [1.54, 1.807) is 32.9 Å². The maximum absolute atomic E-state index is 5.93. The van der Waals surface area contributed by atoms with E-state index in [0.717, 1.165) is 48.5 Å². The topological polar surface area (TPSA) is 85.7 Å². The van der Waals surface area contributed by atoms with Gasteiger partial charge in [0.2, 0.25) is 5.95 Å². The molecule has 0 aliphatic carbocycles. The third-order valence-corrected chi connectivity index (χ3v) is 6.82. The first-order valence-electron chi connectivity index (χ1n) is 12.8. The quantitative estimate of drug-likeness (QED) is 0.350. The van der Waals surface area contributed by atoms with E-state index in [-0.39, 0.29) is 5.41 Å². The van der Waals surface area contributed by atoms with Gasteiger partial charge in [-0.2, -0.15) is 0 Å². The summed E-state index contributed by atoms with van der Waals surface area (Å²) in [6.45, 7) is 10.2. The van der Waals surface area contributed by atoms with Crippen molar-refractivity contribution in [1.82, 2.24) is 19.9 Å². The lowest BCUT2D eigenvalue weighted by Crippen LogP contribution is -2.47. The monoisotopic (exact) mass is 514 g/mol. The van der Waals surface area contributed by atoms with Crippen molar-refractivity contribution in [3.05, 3.63) is 66.2 Å². The Hall–Kier alpha value is -4.14. The Balaban J connectivity index is 1.20. The number of fused-ring (bicyclic) bond motifs is 1. The van der Waals surface area contributed by atoms with Crippen LogP contribution in [0, 0.1) is 0 Å². The normalized spacial score (nSPS) is 14.0. The molecule has 9 heteroatoms. The van der Waals surface area contributed by atoms with Crippen molar-refractivity contribution in [2.45, 2.75) is 32.8 Å². The molecule has 1 fully saturated rings. The number of nitrogens with zero attached hydrogens (tertiary/aromatic N) is 6. The van der Waals surface area contributed by atoms with Crippen molar-refractivity contribution in [3.63, 3.8) is 0 Å². The van der Waals surface area contributed by atoms with Crippen LogP contribution in [0.3, 0.4) is 0 Å². The summed E-state index contributed by atoms with van der Waals surface area (Å²) >= 11 is 0. The third-order valence-electron chi connectivity index (χ3n) is 6.82. The van der Waals surface area contributed by atoms with E-state index in [4.69, 9.17) is 14.2 Å². The Morgan fingerprint density at radius 1 is 0.789 bits per heavy atom. The van der Waals surface area contributed by atoms with E-state index >= 15 is 0 Å².